The number of nitrogens with one attached hydrogen (secondary N) is 1. The molecule has 0 amide bonds. The van der Waals surface area contributed by atoms with Crippen LogP contribution in [-0.2, 0) is 4.79 Å². The molecule has 0 heterocycles. The van der Waals surface area contributed by atoms with Gasteiger partial charge in [0.05, 0.1) is 12.5 Å². The van der Waals surface area contributed by atoms with Gasteiger partial charge in [-0.2, -0.15) is 0 Å². The second-order valence-corrected chi connectivity index (χ2v) is 3.94. The number of rotatable bonds is 6. The molecule has 0 fully saturated rings. The molecule has 1 aromatic carbocycles. The lowest BCUT2D eigenvalue weighted by Gasteiger charge is -2.16. The minimum absolute atomic E-state index is 0.144. The summed E-state index contributed by atoms with van der Waals surface area (Å²) in [6.07, 6.45) is -1.24. The first-order chi connectivity index (χ1) is 7.99. The molecule has 0 aromatic heterocycles. The monoisotopic (exact) mass is 241 g/mol. The highest BCUT2D eigenvalue weighted by Gasteiger charge is 2.12. The van der Waals surface area contributed by atoms with E-state index in [1.807, 2.05) is 6.92 Å². The van der Waals surface area contributed by atoms with Crippen LogP contribution in [0.5, 0.6) is 0 Å². The summed E-state index contributed by atoms with van der Waals surface area (Å²) < 4.78 is 12.9. The van der Waals surface area contributed by atoms with Gasteiger partial charge >= 0.3 is 5.97 Å². The minimum atomic E-state index is -1.04. The van der Waals surface area contributed by atoms with Crippen molar-refractivity contribution < 1.29 is 19.4 Å². The maximum Gasteiger partial charge on any atom is 0.306 e. The molecule has 4 nitrogen and oxygen atoms in total. The van der Waals surface area contributed by atoms with Crippen LogP contribution in [0.2, 0.25) is 0 Å². The number of aliphatic hydroxyl groups is 1. The third-order valence-electron chi connectivity index (χ3n) is 2.42. The molecule has 17 heavy (non-hydrogen) atoms. The average Bonchev–Trinajstić information content (AvgIpc) is 2.25. The number of carboxylic acid groups (broad SMARTS) is 1. The fraction of sp³-hybridized carbons (Fsp3) is 0.417. The third-order valence-corrected chi connectivity index (χ3v) is 2.42. The van der Waals surface area contributed by atoms with Crippen molar-refractivity contribution in [2.24, 2.45) is 0 Å². The first-order valence-corrected chi connectivity index (χ1v) is 5.37. The van der Waals surface area contributed by atoms with Crippen LogP contribution in [0.3, 0.4) is 0 Å². The number of hydrogen-bond acceptors (Lipinski definition) is 3. The first-order valence-electron chi connectivity index (χ1n) is 5.37. The van der Waals surface area contributed by atoms with Crippen LogP contribution in [0.1, 0.15) is 24.9 Å². The van der Waals surface area contributed by atoms with E-state index in [4.69, 9.17) is 5.11 Å². The molecule has 1 unspecified atom stereocenters. The van der Waals surface area contributed by atoms with Gasteiger partial charge in [-0.25, -0.2) is 4.39 Å². The van der Waals surface area contributed by atoms with Gasteiger partial charge in [0.2, 0.25) is 0 Å². The minimum Gasteiger partial charge on any atom is -0.481 e. The molecule has 3 N–H and O–H groups in total. The summed E-state index contributed by atoms with van der Waals surface area (Å²) in [6, 6.07) is 5.99. The van der Waals surface area contributed by atoms with E-state index in [-0.39, 0.29) is 24.8 Å². The molecule has 0 bridgehead atoms. The SMILES string of the molecule is C[C@@H](NCC(O)CC(=O)O)c1cccc(F)c1. The number of carboxylic acids is 1. The van der Waals surface area contributed by atoms with Crippen LogP contribution < -0.4 is 5.32 Å². The van der Waals surface area contributed by atoms with Gasteiger partial charge in [0.1, 0.15) is 5.82 Å². The van der Waals surface area contributed by atoms with Crippen molar-refractivity contribution in [2.75, 3.05) is 6.54 Å². The van der Waals surface area contributed by atoms with E-state index in [1.54, 1.807) is 12.1 Å². The standard InChI is InChI=1S/C12H16FNO3/c1-8(9-3-2-4-10(13)5-9)14-7-11(15)6-12(16)17/h2-5,8,11,14-15H,6-7H2,1H3,(H,16,17)/t8-,11?/m1/s1. The molecule has 2 atom stereocenters. The van der Waals surface area contributed by atoms with Crippen molar-refractivity contribution in [1.29, 1.82) is 0 Å². The van der Waals surface area contributed by atoms with E-state index in [1.165, 1.54) is 12.1 Å². The molecular formula is C12H16FNO3. The summed E-state index contributed by atoms with van der Waals surface area (Å²) in [5.41, 5.74) is 0.757. The highest BCUT2D eigenvalue weighted by atomic mass is 19.1. The Morgan fingerprint density at radius 3 is 2.82 bits per heavy atom. The van der Waals surface area contributed by atoms with Gasteiger partial charge in [0.25, 0.3) is 0 Å². The van der Waals surface area contributed by atoms with Gasteiger partial charge in [-0.1, -0.05) is 12.1 Å². The molecule has 0 saturated carbocycles. The molecule has 0 spiro atoms. The second-order valence-electron chi connectivity index (χ2n) is 3.94. The van der Waals surface area contributed by atoms with Crippen molar-refractivity contribution >= 4 is 5.97 Å². The van der Waals surface area contributed by atoms with E-state index in [0.29, 0.717) is 0 Å². The normalized spacial score (nSPS) is 14.3. The summed E-state index contributed by atoms with van der Waals surface area (Å²) in [7, 11) is 0. The van der Waals surface area contributed by atoms with Crippen molar-refractivity contribution in [3.63, 3.8) is 0 Å². The number of aliphatic carboxylic acids is 1. The molecule has 0 radical (unpaired) electrons. The summed E-state index contributed by atoms with van der Waals surface area (Å²) in [5, 5.41) is 20.8. The Bertz CT molecular complexity index is 384. The largest absolute Gasteiger partial charge is 0.481 e. The van der Waals surface area contributed by atoms with Crippen LogP contribution in [0.15, 0.2) is 24.3 Å². The summed E-state index contributed by atoms with van der Waals surface area (Å²) in [6.45, 7) is 1.98. The Hall–Kier alpha value is -1.46. The van der Waals surface area contributed by atoms with Crippen molar-refractivity contribution in [2.45, 2.75) is 25.5 Å². The molecule has 1 rings (SSSR count). The number of carbonyl (C=O) groups is 1. The fourth-order valence-electron chi connectivity index (χ4n) is 1.48. The van der Waals surface area contributed by atoms with E-state index in [9.17, 15) is 14.3 Å². The highest BCUT2D eigenvalue weighted by molar-refractivity contribution is 5.67. The molecule has 0 saturated heterocycles. The Morgan fingerprint density at radius 1 is 1.53 bits per heavy atom. The van der Waals surface area contributed by atoms with E-state index >= 15 is 0 Å². The Kier molecular flexibility index (Phi) is 5.06. The molecule has 94 valence electrons. The van der Waals surface area contributed by atoms with Gasteiger partial charge in [-0.15, -0.1) is 0 Å². The van der Waals surface area contributed by atoms with Gasteiger partial charge < -0.3 is 15.5 Å². The summed E-state index contributed by atoms with van der Waals surface area (Å²) >= 11 is 0. The number of hydrogen-bond donors (Lipinski definition) is 3. The summed E-state index contributed by atoms with van der Waals surface area (Å²) in [4.78, 5) is 10.3. The molecular weight excluding hydrogens is 225 g/mol. The topological polar surface area (TPSA) is 69.6 Å². The molecule has 1 aromatic rings. The van der Waals surface area contributed by atoms with Gasteiger partial charge in [0, 0.05) is 12.6 Å². The van der Waals surface area contributed by atoms with Gasteiger partial charge in [-0.3, -0.25) is 4.79 Å². The molecule has 0 aliphatic carbocycles. The zero-order chi connectivity index (χ0) is 12.8. The quantitative estimate of drug-likeness (QED) is 0.702. The number of benzene rings is 1. The maximum absolute atomic E-state index is 12.9. The van der Waals surface area contributed by atoms with Gasteiger partial charge in [0.15, 0.2) is 0 Å². The number of halogens is 1. The number of aliphatic hydroxyl groups excluding tert-OH is 1. The summed E-state index contributed by atoms with van der Waals surface area (Å²) in [5.74, 6) is -1.36. The van der Waals surface area contributed by atoms with Crippen LogP contribution in [0, 0.1) is 5.82 Å². The smallest absolute Gasteiger partial charge is 0.306 e. The Morgan fingerprint density at radius 2 is 2.24 bits per heavy atom. The van der Waals surface area contributed by atoms with Crippen LogP contribution >= 0.6 is 0 Å². The van der Waals surface area contributed by atoms with E-state index < -0.39 is 12.1 Å². The maximum atomic E-state index is 12.9. The first kappa shape index (κ1) is 13.6. The predicted molar refractivity (Wildman–Crippen MR) is 61.1 cm³/mol. The Labute approximate surface area is 99.1 Å². The third kappa shape index (κ3) is 4.93. The van der Waals surface area contributed by atoms with Crippen molar-refractivity contribution in [3.8, 4) is 0 Å². The lowest BCUT2D eigenvalue weighted by Crippen LogP contribution is -2.30. The van der Waals surface area contributed by atoms with Gasteiger partial charge in [-0.05, 0) is 24.6 Å². The molecule has 0 aliphatic rings. The van der Waals surface area contributed by atoms with Crippen LogP contribution in [-0.4, -0.2) is 28.8 Å². The molecule has 0 aliphatic heterocycles. The second kappa shape index (κ2) is 6.32. The zero-order valence-electron chi connectivity index (χ0n) is 9.56. The zero-order valence-corrected chi connectivity index (χ0v) is 9.56. The lowest BCUT2D eigenvalue weighted by atomic mass is 10.1. The van der Waals surface area contributed by atoms with Crippen molar-refractivity contribution in [3.05, 3.63) is 35.6 Å². The molecule has 5 heteroatoms. The van der Waals surface area contributed by atoms with E-state index in [0.717, 1.165) is 5.56 Å². The Balaban J connectivity index is 2.44. The highest BCUT2D eigenvalue weighted by Crippen LogP contribution is 2.13. The van der Waals surface area contributed by atoms with Crippen LogP contribution in [0.25, 0.3) is 0 Å². The predicted octanol–water partition coefficient (Wildman–Crippen LogP) is 1.31. The lowest BCUT2D eigenvalue weighted by molar-refractivity contribution is -0.139. The van der Waals surface area contributed by atoms with Crippen LogP contribution in [0.4, 0.5) is 4.39 Å². The van der Waals surface area contributed by atoms with Crippen molar-refractivity contribution in [1.82, 2.24) is 5.32 Å². The van der Waals surface area contributed by atoms with E-state index in [2.05, 4.69) is 5.32 Å². The average molecular weight is 241 g/mol. The fourth-order valence-corrected chi connectivity index (χ4v) is 1.48.